The predicted molar refractivity (Wildman–Crippen MR) is 132 cm³/mol. The van der Waals surface area contributed by atoms with Crippen LogP contribution in [0.4, 0.5) is 5.69 Å². The Morgan fingerprint density at radius 3 is 2.24 bits per heavy atom. The number of carbonyl (C=O) groups excluding carboxylic acids is 1. The summed E-state index contributed by atoms with van der Waals surface area (Å²) in [5, 5.41) is 3.00. The van der Waals surface area contributed by atoms with Crippen LogP contribution >= 0.6 is 0 Å². The summed E-state index contributed by atoms with van der Waals surface area (Å²) in [4.78, 5) is 20.4. The average molecular weight is 458 g/mol. The number of methoxy groups -OCH3 is 2. The third kappa shape index (κ3) is 5.38. The number of hydrogen-bond donors (Lipinski definition) is 2. The number of amides is 1. The van der Waals surface area contributed by atoms with Crippen molar-refractivity contribution in [3.8, 4) is 28.6 Å². The van der Waals surface area contributed by atoms with Crippen molar-refractivity contribution < 1.29 is 19.0 Å². The molecule has 0 bridgehead atoms. The first-order valence-corrected chi connectivity index (χ1v) is 10.8. The molecule has 0 radical (unpaired) electrons. The summed E-state index contributed by atoms with van der Waals surface area (Å²) in [5.41, 5.74) is 5.05. The summed E-state index contributed by atoms with van der Waals surface area (Å²) in [6.07, 6.45) is 1.78. The minimum absolute atomic E-state index is 0.194. The SMILES string of the molecule is COc1cc(COc2ccc(C(=O)Nc3cc(-c4ncc(C)[nH]4)ccc3C)cc2)cc(OC)c1. The van der Waals surface area contributed by atoms with E-state index < -0.39 is 0 Å². The van der Waals surface area contributed by atoms with Gasteiger partial charge >= 0.3 is 0 Å². The van der Waals surface area contributed by atoms with E-state index in [1.54, 1.807) is 44.7 Å². The summed E-state index contributed by atoms with van der Waals surface area (Å²) in [6, 6.07) is 18.5. The maximum absolute atomic E-state index is 12.8. The van der Waals surface area contributed by atoms with Crippen LogP contribution in [0.1, 0.15) is 27.2 Å². The van der Waals surface area contributed by atoms with Crippen LogP contribution in [0.5, 0.6) is 17.2 Å². The highest BCUT2D eigenvalue weighted by Crippen LogP contribution is 2.26. The van der Waals surface area contributed by atoms with Crippen LogP contribution in [-0.2, 0) is 6.61 Å². The van der Waals surface area contributed by atoms with Crippen LogP contribution in [0.15, 0.2) is 66.9 Å². The van der Waals surface area contributed by atoms with Crippen LogP contribution in [0, 0.1) is 13.8 Å². The van der Waals surface area contributed by atoms with E-state index in [0.717, 1.165) is 33.9 Å². The highest BCUT2D eigenvalue weighted by Gasteiger charge is 2.11. The van der Waals surface area contributed by atoms with Gasteiger partial charge in [0.2, 0.25) is 0 Å². The van der Waals surface area contributed by atoms with E-state index in [0.29, 0.717) is 29.4 Å². The van der Waals surface area contributed by atoms with Gasteiger partial charge < -0.3 is 24.5 Å². The normalized spacial score (nSPS) is 10.6. The Kier molecular flexibility index (Phi) is 6.82. The molecule has 4 aromatic rings. The fourth-order valence-electron chi connectivity index (χ4n) is 3.48. The summed E-state index contributed by atoms with van der Waals surface area (Å²) >= 11 is 0. The van der Waals surface area contributed by atoms with Gasteiger partial charge in [0.1, 0.15) is 29.7 Å². The number of rotatable bonds is 8. The number of aromatic nitrogens is 2. The van der Waals surface area contributed by atoms with E-state index >= 15 is 0 Å². The topological polar surface area (TPSA) is 85.5 Å². The first-order chi connectivity index (χ1) is 16.4. The number of ether oxygens (including phenoxy) is 3. The molecule has 0 spiro atoms. The summed E-state index contributed by atoms with van der Waals surface area (Å²) in [7, 11) is 3.22. The van der Waals surface area contributed by atoms with Crippen LogP contribution in [0.2, 0.25) is 0 Å². The van der Waals surface area contributed by atoms with Gasteiger partial charge in [0, 0.05) is 34.8 Å². The van der Waals surface area contributed by atoms with Crippen LogP contribution < -0.4 is 19.5 Å². The van der Waals surface area contributed by atoms with E-state index in [2.05, 4.69) is 15.3 Å². The molecule has 7 heteroatoms. The number of H-pyrrole nitrogens is 1. The molecule has 34 heavy (non-hydrogen) atoms. The maximum atomic E-state index is 12.8. The molecule has 1 aromatic heterocycles. The molecule has 0 saturated carbocycles. The Labute approximate surface area is 198 Å². The van der Waals surface area contributed by atoms with Gasteiger partial charge in [-0.15, -0.1) is 0 Å². The van der Waals surface area contributed by atoms with E-state index in [-0.39, 0.29) is 5.91 Å². The second-order valence-corrected chi connectivity index (χ2v) is 7.93. The van der Waals surface area contributed by atoms with Crippen molar-refractivity contribution in [2.24, 2.45) is 0 Å². The molecule has 0 unspecified atom stereocenters. The van der Waals surface area contributed by atoms with Crippen LogP contribution in [-0.4, -0.2) is 30.1 Å². The number of imidazole rings is 1. The third-order valence-corrected chi connectivity index (χ3v) is 5.40. The van der Waals surface area contributed by atoms with Crippen molar-refractivity contribution in [1.29, 1.82) is 0 Å². The zero-order chi connectivity index (χ0) is 24.1. The van der Waals surface area contributed by atoms with E-state index in [1.807, 2.05) is 50.2 Å². The van der Waals surface area contributed by atoms with Gasteiger partial charge in [-0.2, -0.15) is 0 Å². The number of anilines is 1. The quantitative estimate of drug-likeness (QED) is 0.363. The van der Waals surface area contributed by atoms with Gasteiger partial charge in [-0.1, -0.05) is 12.1 Å². The van der Waals surface area contributed by atoms with Gasteiger partial charge in [0.25, 0.3) is 5.91 Å². The fraction of sp³-hybridized carbons (Fsp3) is 0.185. The van der Waals surface area contributed by atoms with Gasteiger partial charge in [-0.3, -0.25) is 4.79 Å². The highest BCUT2D eigenvalue weighted by molar-refractivity contribution is 6.05. The lowest BCUT2D eigenvalue weighted by Crippen LogP contribution is -2.12. The number of benzene rings is 3. The molecule has 174 valence electrons. The van der Waals surface area contributed by atoms with Gasteiger partial charge in [0.05, 0.1) is 14.2 Å². The molecule has 3 aromatic carbocycles. The molecule has 0 atom stereocenters. The zero-order valence-corrected chi connectivity index (χ0v) is 19.6. The second-order valence-electron chi connectivity index (χ2n) is 7.93. The molecule has 0 aliphatic carbocycles. The number of aromatic amines is 1. The van der Waals surface area contributed by atoms with Crippen molar-refractivity contribution in [2.75, 3.05) is 19.5 Å². The van der Waals surface area contributed by atoms with Crippen molar-refractivity contribution in [3.63, 3.8) is 0 Å². The lowest BCUT2D eigenvalue weighted by molar-refractivity contribution is 0.102. The number of hydrogen-bond acceptors (Lipinski definition) is 5. The predicted octanol–water partition coefficient (Wildman–Crippen LogP) is 5.54. The number of nitrogens with zero attached hydrogens (tertiary/aromatic N) is 1. The number of carbonyl (C=O) groups is 1. The van der Waals surface area contributed by atoms with Crippen molar-refractivity contribution in [2.45, 2.75) is 20.5 Å². The monoisotopic (exact) mass is 457 g/mol. The van der Waals surface area contributed by atoms with Gasteiger partial charge in [-0.25, -0.2) is 4.98 Å². The lowest BCUT2D eigenvalue weighted by Gasteiger charge is -2.12. The minimum Gasteiger partial charge on any atom is -0.497 e. The number of aryl methyl sites for hydroxylation is 2. The molecular formula is C27H27N3O4. The summed E-state index contributed by atoms with van der Waals surface area (Å²) in [6.45, 7) is 4.25. The van der Waals surface area contributed by atoms with Crippen LogP contribution in [0.25, 0.3) is 11.4 Å². The Morgan fingerprint density at radius 1 is 0.912 bits per heavy atom. The van der Waals surface area contributed by atoms with Gasteiger partial charge in [-0.05, 0) is 67.4 Å². The molecule has 0 aliphatic heterocycles. The fourth-order valence-corrected chi connectivity index (χ4v) is 3.48. The molecule has 1 heterocycles. The standard InChI is InChI=1S/C27H27N3O4/c1-17-5-6-21(26-28-15-18(2)29-26)13-25(17)30-27(31)20-7-9-22(10-8-20)34-16-19-11-23(32-3)14-24(12-19)33-4/h5-15H,16H2,1-4H3,(H,28,29)(H,30,31). The average Bonchev–Trinajstić information content (AvgIpc) is 3.30. The molecular weight excluding hydrogens is 430 g/mol. The highest BCUT2D eigenvalue weighted by atomic mass is 16.5. The van der Waals surface area contributed by atoms with Crippen LogP contribution in [0.3, 0.4) is 0 Å². The largest absolute Gasteiger partial charge is 0.497 e. The van der Waals surface area contributed by atoms with E-state index in [4.69, 9.17) is 14.2 Å². The summed E-state index contributed by atoms with van der Waals surface area (Å²) < 4.78 is 16.5. The van der Waals surface area contributed by atoms with Gasteiger partial charge in [0.15, 0.2) is 0 Å². The van der Waals surface area contributed by atoms with Crippen molar-refractivity contribution >= 4 is 11.6 Å². The molecule has 0 aliphatic rings. The Hall–Kier alpha value is -4.26. The molecule has 7 nitrogen and oxygen atoms in total. The molecule has 0 saturated heterocycles. The Balaban J connectivity index is 1.42. The van der Waals surface area contributed by atoms with E-state index in [1.165, 1.54) is 0 Å². The molecule has 1 amide bonds. The summed E-state index contributed by atoms with van der Waals surface area (Å²) in [5.74, 6) is 2.63. The Morgan fingerprint density at radius 2 is 1.62 bits per heavy atom. The Bertz CT molecular complexity index is 1270. The first kappa shape index (κ1) is 22.9. The molecule has 0 fully saturated rings. The second kappa shape index (κ2) is 10.1. The van der Waals surface area contributed by atoms with E-state index in [9.17, 15) is 4.79 Å². The smallest absolute Gasteiger partial charge is 0.255 e. The zero-order valence-electron chi connectivity index (χ0n) is 19.6. The molecule has 2 N–H and O–H groups in total. The number of nitrogens with one attached hydrogen (secondary N) is 2. The third-order valence-electron chi connectivity index (χ3n) is 5.40. The lowest BCUT2D eigenvalue weighted by atomic mass is 10.1. The van der Waals surface area contributed by atoms with Crippen molar-refractivity contribution in [1.82, 2.24) is 9.97 Å². The maximum Gasteiger partial charge on any atom is 0.255 e. The van der Waals surface area contributed by atoms with Crippen molar-refractivity contribution in [3.05, 3.63) is 89.2 Å². The minimum atomic E-state index is -0.194. The first-order valence-electron chi connectivity index (χ1n) is 10.8. The molecule has 4 rings (SSSR count).